The van der Waals surface area contributed by atoms with Gasteiger partial charge >= 0.3 is 0 Å². The molecule has 6 heteroatoms. The Morgan fingerprint density at radius 3 is 2.56 bits per heavy atom. The van der Waals surface area contributed by atoms with Crippen LogP contribution < -0.4 is 9.62 Å². The zero-order valence-corrected chi connectivity index (χ0v) is 16.2. The van der Waals surface area contributed by atoms with Gasteiger partial charge in [0.1, 0.15) is 0 Å². The number of nitrogens with one attached hydrogen (secondary N) is 1. The summed E-state index contributed by atoms with van der Waals surface area (Å²) in [5.74, 6) is 0.393. The lowest BCUT2D eigenvalue weighted by atomic mass is 9.99. The number of hydrogen-bond acceptors (Lipinski definition) is 3. The standard InChI is InChI=1S/C21H24N2O3S/c1-27(25,26)23-13-5-8-17-14-18(11-12-19(17)23)21(24)22-20(16-9-10-16)15-6-3-2-4-7-15/h2-4,6-7,11-12,14,16,20H,5,8-10,13H2,1H3,(H,22,24). The SMILES string of the molecule is CS(=O)(=O)N1CCCc2cc(C(=O)NC(c3ccccc3)C3CC3)ccc21. The van der Waals surface area contributed by atoms with E-state index in [1.165, 1.54) is 10.6 Å². The van der Waals surface area contributed by atoms with Crippen molar-refractivity contribution in [1.82, 2.24) is 5.32 Å². The van der Waals surface area contributed by atoms with E-state index in [1.807, 2.05) is 24.3 Å². The number of benzene rings is 2. The molecule has 2 aromatic rings. The van der Waals surface area contributed by atoms with E-state index in [-0.39, 0.29) is 11.9 Å². The van der Waals surface area contributed by atoms with Crippen LogP contribution in [0.15, 0.2) is 48.5 Å². The van der Waals surface area contributed by atoms with E-state index in [0.717, 1.165) is 36.8 Å². The molecule has 142 valence electrons. The largest absolute Gasteiger partial charge is 0.345 e. The van der Waals surface area contributed by atoms with Crippen molar-refractivity contribution < 1.29 is 13.2 Å². The molecule has 2 aliphatic rings. The third-order valence-electron chi connectivity index (χ3n) is 5.36. The van der Waals surface area contributed by atoms with Crippen LogP contribution in [0.5, 0.6) is 0 Å². The molecule has 1 unspecified atom stereocenters. The molecule has 0 radical (unpaired) electrons. The first-order valence-corrected chi connectivity index (χ1v) is 11.2. The van der Waals surface area contributed by atoms with Gasteiger partial charge in [0.2, 0.25) is 10.0 Å². The fourth-order valence-corrected chi connectivity index (χ4v) is 4.83. The summed E-state index contributed by atoms with van der Waals surface area (Å²) in [7, 11) is -3.30. The summed E-state index contributed by atoms with van der Waals surface area (Å²) >= 11 is 0. The molecule has 1 fully saturated rings. The molecular formula is C21H24N2O3S. The minimum Gasteiger partial charge on any atom is -0.345 e. The lowest BCUT2D eigenvalue weighted by Gasteiger charge is -2.29. The second-order valence-electron chi connectivity index (χ2n) is 7.48. The van der Waals surface area contributed by atoms with Crippen molar-refractivity contribution >= 4 is 21.6 Å². The minimum absolute atomic E-state index is 0.0299. The highest BCUT2D eigenvalue weighted by Crippen LogP contribution is 2.41. The molecule has 1 atom stereocenters. The van der Waals surface area contributed by atoms with E-state index in [1.54, 1.807) is 12.1 Å². The second kappa shape index (κ2) is 7.00. The van der Waals surface area contributed by atoms with Gasteiger partial charge in [-0.1, -0.05) is 30.3 Å². The van der Waals surface area contributed by atoms with E-state index in [0.29, 0.717) is 23.7 Å². The average molecular weight is 385 g/mol. The van der Waals surface area contributed by atoms with Crippen LogP contribution in [0.2, 0.25) is 0 Å². The number of fused-ring (bicyclic) bond motifs is 1. The number of carbonyl (C=O) groups is 1. The fourth-order valence-electron chi connectivity index (χ4n) is 3.84. The Bertz CT molecular complexity index is 953. The molecule has 1 N–H and O–H groups in total. The van der Waals surface area contributed by atoms with Gasteiger partial charge < -0.3 is 5.32 Å². The van der Waals surface area contributed by atoms with Crippen LogP contribution in [0.1, 0.15) is 46.8 Å². The molecule has 2 aromatic carbocycles. The van der Waals surface area contributed by atoms with E-state index in [9.17, 15) is 13.2 Å². The molecule has 0 spiro atoms. The Hall–Kier alpha value is -2.34. The number of anilines is 1. The van der Waals surface area contributed by atoms with Gasteiger partial charge in [0.25, 0.3) is 5.91 Å². The van der Waals surface area contributed by atoms with Crippen molar-refractivity contribution in [3.63, 3.8) is 0 Å². The van der Waals surface area contributed by atoms with Crippen LogP contribution >= 0.6 is 0 Å². The summed E-state index contributed by atoms with van der Waals surface area (Å²) < 4.78 is 25.4. The first-order valence-electron chi connectivity index (χ1n) is 9.40. The van der Waals surface area contributed by atoms with Crippen molar-refractivity contribution in [2.75, 3.05) is 17.1 Å². The van der Waals surface area contributed by atoms with Crippen LogP contribution in [0.3, 0.4) is 0 Å². The first kappa shape index (κ1) is 18.0. The molecule has 1 saturated carbocycles. The molecule has 4 rings (SSSR count). The molecule has 0 saturated heterocycles. The molecule has 0 bridgehead atoms. The summed E-state index contributed by atoms with van der Waals surface area (Å²) in [4.78, 5) is 12.9. The third-order valence-corrected chi connectivity index (χ3v) is 6.54. The van der Waals surface area contributed by atoms with E-state index in [2.05, 4.69) is 17.4 Å². The van der Waals surface area contributed by atoms with Gasteiger partial charge in [-0.05, 0) is 60.9 Å². The number of hydrogen-bond donors (Lipinski definition) is 1. The van der Waals surface area contributed by atoms with Crippen LogP contribution in [0.4, 0.5) is 5.69 Å². The predicted octanol–water partition coefficient (Wildman–Crippen LogP) is 3.28. The Kier molecular flexibility index (Phi) is 4.68. The maximum absolute atomic E-state index is 12.9. The Morgan fingerprint density at radius 2 is 1.89 bits per heavy atom. The second-order valence-corrected chi connectivity index (χ2v) is 9.39. The zero-order valence-electron chi connectivity index (χ0n) is 15.4. The van der Waals surface area contributed by atoms with Gasteiger partial charge in [-0.25, -0.2) is 8.42 Å². The molecule has 1 aliphatic carbocycles. The van der Waals surface area contributed by atoms with Gasteiger partial charge in [-0.3, -0.25) is 9.10 Å². The lowest BCUT2D eigenvalue weighted by Crippen LogP contribution is -2.35. The predicted molar refractivity (Wildman–Crippen MR) is 106 cm³/mol. The summed E-state index contributed by atoms with van der Waals surface area (Å²) in [5, 5.41) is 3.19. The van der Waals surface area contributed by atoms with Crippen molar-refractivity contribution in [2.24, 2.45) is 5.92 Å². The number of aryl methyl sites for hydroxylation is 1. The Labute approximate surface area is 160 Å². The number of nitrogens with zero attached hydrogens (tertiary/aromatic N) is 1. The van der Waals surface area contributed by atoms with Gasteiger partial charge in [-0.15, -0.1) is 0 Å². The monoisotopic (exact) mass is 384 g/mol. The average Bonchev–Trinajstić information content (AvgIpc) is 3.50. The summed E-state index contributed by atoms with van der Waals surface area (Å²) in [6, 6.07) is 15.4. The van der Waals surface area contributed by atoms with Gasteiger partial charge in [0.05, 0.1) is 18.0 Å². The van der Waals surface area contributed by atoms with Crippen molar-refractivity contribution in [2.45, 2.75) is 31.7 Å². The molecule has 1 amide bonds. The first-order chi connectivity index (χ1) is 12.9. The highest BCUT2D eigenvalue weighted by atomic mass is 32.2. The molecule has 1 heterocycles. The zero-order chi connectivity index (χ0) is 19.0. The van der Waals surface area contributed by atoms with Gasteiger partial charge in [0.15, 0.2) is 0 Å². The van der Waals surface area contributed by atoms with Crippen LogP contribution in [-0.4, -0.2) is 27.1 Å². The summed E-state index contributed by atoms with van der Waals surface area (Å²) in [5.41, 5.74) is 3.34. The van der Waals surface area contributed by atoms with Crippen molar-refractivity contribution in [3.8, 4) is 0 Å². The highest BCUT2D eigenvalue weighted by Gasteiger charge is 2.33. The van der Waals surface area contributed by atoms with Gasteiger partial charge in [0, 0.05) is 12.1 Å². The van der Waals surface area contributed by atoms with E-state index < -0.39 is 10.0 Å². The lowest BCUT2D eigenvalue weighted by molar-refractivity contribution is 0.0931. The Balaban J connectivity index is 1.58. The van der Waals surface area contributed by atoms with Gasteiger partial charge in [-0.2, -0.15) is 0 Å². The fraction of sp³-hybridized carbons (Fsp3) is 0.381. The van der Waals surface area contributed by atoms with Crippen LogP contribution in [-0.2, 0) is 16.4 Å². The van der Waals surface area contributed by atoms with E-state index >= 15 is 0 Å². The van der Waals surface area contributed by atoms with Crippen molar-refractivity contribution in [1.29, 1.82) is 0 Å². The molecule has 5 nitrogen and oxygen atoms in total. The number of sulfonamides is 1. The molecule has 0 aromatic heterocycles. The smallest absolute Gasteiger partial charge is 0.251 e. The Morgan fingerprint density at radius 1 is 1.15 bits per heavy atom. The molecule has 27 heavy (non-hydrogen) atoms. The quantitative estimate of drug-likeness (QED) is 0.860. The summed E-state index contributed by atoms with van der Waals surface area (Å²) in [6.45, 7) is 0.495. The molecular weight excluding hydrogens is 360 g/mol. The maximum Gasteiger partial charge on any atom is 0.251 e. The topological polar surface area (TPSA) is 66.5 Å². The minimum atomic E-state index is -3.30. The number of rotatable bonds is 5. The third kappa shape index (κ3) is 3.86. The number of carbonyl (C=O) groups excluding carboxylic acids is 1. The van der Waals surface area contributed by atoms with E-state index in [4.69, 9.17) is 0 Å². The normalized spacial score (nSPS) is 17.9. The summed E-state index contributed by atoms with van der Waals surface area (Å²) in [6.07, 6.45) is 5.04. The number of amides is 1. The van der Waals surface area contributed by atoms with Crippen LogP contribution in [0, 0.1) is 5.92 Å². The van der Waals surface area contributed by atoms with Crippen LogP contribution in [0.25, 0.3) is 0 Å². The van der Waals surface area contributed by atoms with Crippen molar-refractivity contribution in [3.05, 3.63) is 65.2 Å². The molecule has 1 aliphatic heterocycles. The maximum atomic E-state index is 12.9. The highest BCUT2D eigenvalue weighted by molar-refractivity contribution is 7.92.